The molecule has 0 radical (unpaired) electrons. The number of carbonyl (C=O) groups is 1. The number of nitrogens with zero attached hydrogens (tertiary/aromatic N) is 1. The number of benzene rings is 1. The van der Waals surface area contributed by atoms with Crippen LogP contribution in [0.2, 0.25) is 0 Å². The molecule has 2 aliphatic rings. The molecule has 2 N–H and O–H groups in total. The molecule has 27 heavy (non-hydrogen) atoms. The lowest BCUT2D eigenvalue weighted by Gasteiger charge is -2.32. The highest BCUT2D eigenvalue weighted by Gasteiger charge is 2.28. The third-order valence-corrected chi connectivity index (χ3v) is 7.69. The number of piperidine rings is 1. The zero-order valence-corrected chi connectivity index (χ0v) is 17.5. The van der Waals surface area contributed by atoms with Gasteiger partial charge in [-0.3, -0.25) is 0 Å². The minimum Gasteiger partial charge on any atom is -0.324 e. The van der Waals surface area contributed by atoms with E-state index in [0.29, 0.717) is 31.8 Å². The second kappa shape index (κ2) is 7.80. The molecule has 0 bridgehead atoms. The van der Waals surface area contributed by atoms with Crippen molar-refractivity contribution in [3.05, 3.63) is 28.8 Å². The van der Waals surface area contributed by atoms with Gasteiger partial charge in [-0.05, 0) is 75.1 Å². The molecule has 1 saturated heterocycles. The molecule has 0 aromatic heterocycles. The van der Waals surface area contributed by atoms with Crippen molar-refractivity contribution in [2.45, 2.75) is 64.7 Å². The quantitative estimate of drug-likeness (QED) is 0.825. The van der Waals surface area contributed by atoms with Gasteiger partial charge >= 0.3 is 6.03 Å². The van der Waals surface area contributed by atoms with Crippen molar-refractivity contribution in [3.8, 4) is 0 Å². The van der Waals surface area contributed by atoms with Crippen molar-refractivity contribution in [1.29, 1.82) is 0 Å². The highest BCUT2D eigenvalue weighted by Crippen LogP contribution is 2.33. The SMILES string of the molecule is Cc1c(NC(=O)N2CCC(NS(=O)(=O)C(C)C)CC2)ccc2c1CC(C)C2. The van der Waals surface area contributed by atoms with Crippen LogP contribution in [0.4, 0.5) is 10.5 Å². The number of hydrogen-bond donors (Lipinski definition) is 2. The number of nitrogens with one attached hydrogen (secondary N) is 2. The number of carbonyl (C=O) groups excluding carboxylic acids is 1. The predicted molar refractivity (Wildman–Crippen MR) is 109 cm³/mol. The lowest BCUT2D eigenvalue weighted by atomic mass is 10.0. The molecule has 0 spiro atoms. The Bertz CT molecular complexity index is 812. The molecule has 1 atom stereocenters. The minimum absolute atomic E-state index is 0.0929. The summed E-state index contributed by atoms with van der Waals surface area (Å²) in [6.45, 7) is 8.79. The first-order valence-electron chi connectivity index (χ1n) is 9.85. The summed E-state index contributed by atoms with van der Waals surface area (Å²) in [5.74, 6) is 0.665. The van der Waals surface area contributed by atoms with Crippen LogP contribution >= 0.6 is 0 Å². The number of sulfonamides is 1. The molecule has 3 rings (SSSR count). The Morgan fingerprint density at radius 2 is 1.85 bits per heavy atom. The zero-order valence-electron chi connectivity index (χ0n) is 16.7. The molecule has 1 heterocycles. The molecule has 2 amide bonds. The van der Waals surface area contributed by atoms with Gasteiger partial charge in [-0.25, -0.2) is 17.9 Å². The molecule has 1 unspecified atom stereocenters. The van der Waals surface area contributed by atoms with E-state index in [1.165, 1.54) is 16.7 Å². The predicted octanol–water partition coefficient (Wildman–Crippen LogP) is 3.05. The van der Waals surface area contributed by atoms with Gasteiger partial charge in [-0.1, -0.05) is 13.0 Å². The van der Waals surface area contributed by atoms with Gasteiger partial charge in [0.2, 0.25) is 10.0 Å². The summed E-state index contributed by atoms with van der Waals surface area (Å²) < 4.78 is 26.8. The Balaban J connectivity index is 1.57. The maximum absolute atomic E-state index is 12.7. The van der Waals surface area contributed by atoms with Gasteiger partial charge in [-0.2, -0.15) is 0 Å². The van der Waals surface area contributed by atoms with Crippen molar-refractivity contribution in [1.82, 2.24) is 9.62 Å². The van der Waals surface area contributed by atoms with Crippen molar-refractivity contribution in [2.24, 2.45) is 5.92 Å². The number of rotatable bonds is 4. The first kappa shape index (κ1) is 20.1. The highest BCUT2D eigenvalue weighted by atomic mass is 32.2. The van der Waals surface area contributed by atoms with Gasteiger partial charge < -0.3 is 10.2 Å². The first-order chi connectivity index (χ1) is 12.7. The summed E-state index contributed by atoms with van der Waals surface area (Å²) in [7, 11) is -3.27. The lowest BCUT2D eigenvalue weighted by molar-refractivity contribution is 0.193. The highest BCUT2D eigenvalue weighted by molar-refractivity contribution is 7.90. The van der Waals surface area contributed by atoms with Gasteiger partial charge in [0.1, 0.15) is 0 Å². The second-order valence-corrected chi connectivity index (χ2v) is 10.6. The van der Waals surface area contributed by atoms with Gasteiger partial charge in [0.15, 0.2) is 0 Å². The number of urea groups is 1. The Morgan fingerprint density at radius 1 is 1.19 bits per heavy atom. The van der Waals surface area contributed by atoms with Crippen molar-refractivity contribution in [3.63, 3.8) is 0 Å². The number of anilines is 1. The van der Waals surface area contributed by atoms with Gasteiger partial charge in [0, 0.05) is 24.8 Å². The van der Waals surface area contributed by atoms with Crippen LogP contribution in [-0.4, -0.2) is 43.7 Å². The summed E-state index contributed by atoms with van der Waals surface area (Å²) in [6, 6.07) is 3.95. The number of fused-ring (bicyclic) bond motifs is 1. The summed E-state index contributed by atoms with van der Waals surface area (Å²) in [5, 5.41) is 2.61. The molecule has 7 heteroatoms. The fourth-order valence-electron chi connectivity index (χ4n) is 3.98. The van der Waals surface area contributed by atoms with Crippen LogP contribution in [-0.2, 0) is 22.9 Å². The van der Waals surface area contributed by atoms with Gasteiger partial charge in [0.25, 0.3) is 0 Å². The maximum atomic E-state index is 12.7. The number of likely N-dealkylation sites (tertiary alicyclic amines) is 1. The van der Waals surface area contributed by atoms with Gasteiger partial charge in [-0.15, -0.1) is 0 Å². The fraction of sp³-hybridized carbons (Fsp3) is 0.650. The fourth-order valence-corrected chi connectivity index (χ4v) is 4.96. The van der Waals surface area contributed by atoms with E-state index >= 15 is 0 Å². The number of hydrogen-bond acceptors (Lipinski definition) is 3. The van der Waals surface area contributed by atoms with E-state index in [0.717, 1.165) is 18.5 Å². The smallest absolute Gasteiger partial charge is 0.321 e. The Labute approximate surface area is 162 Å². The average molecular weight is 394 g/mol. The van der Waals surface area contributed by atoms with Gasteiger partial charge in [0.05, 0.1) is 5.25 Å². The molecule has 1 fully saturated rings. The van der Waals surface area contributed by atoms with E-state index < -0.39 is 15.3 Å². The Hall–Kier alpha value is -1.60. The summed E-state index contributed by atoms with van der Waals surface area (Å²) in [4.78, 5) is 14.4. The number of amides is 2. The maximum Gasteiger partial charge on any atom is 0.321 e. The van der Waals surface area contributed by atoms with Crippen LogP contribution in [0.25, 0.3) is 0 Å². The van der Waals surface area contributed by atoms with E-state index in [1.807, 2.05) is 6.07 Å². The summed E-state index contributed by atoms with van der Waals surface area (Å²) >= 11 is 0. The third kappa shape index (κ3) is 4.46. The molecular weight excluding hydrogens is 362 g/mol. The minimum atomic E-state index is -3.27. The molecule has 6 nitrogen and oxygen atoms in total. The van der Waals surface area contributed by atoms with Crippen molar-refractivity contribution < 1.29 is 13.2 Å². The van der Waals surface area contributed by atoms with Crippen LogP contribution in [0.1, 0.15) is 50.3 Å². The van der Waals surface area contributed by atoms with Crippen molar-refractivity contribution in [2.75, 3.05) is 18.4 Å². The zero-order chi connectivity index (χ0) is 19.8. The Morgan fingerprint density at radius 3 is 2.48 bits per heavy atom. The van der Waals surface area contributed by atoms with Crippen LogP contribution < -0.4 is 10.0 Å². The standard InChI is InChI=1S/C20H31N3O3S/c1-13(2)27(25,26)22-17-7-9-23(10-8-17)20(24)21-19-6-5-16-11-14(3)12-18(16)15(19)4/h5-6,13-14,17,22H,7-12H2,1-4H3,(H,21,24). The Kier molecular flexibility index (Phi) is 5.82. The molecule has 1 aromatic rings. The van der Waals surface area contributed by atoms with E-state index in [-0.39, 0.29) is 12.1 Å². The molecule has 0 saturated carbocycles. The molecular formula is C20H31N3O3S. The monoisotopic (exact) mass is 393 g/mol. The average Bonchev–Trinajstić information content (AvgIpc) is 2.99. The third-order valence-electron chi connectivity index (χ3n) is 5.79. The first-order valence-corrected chi connectivity index (χ1v) is 11.4. The molecule has 1 aromatic carbocycles. The normalized spacial score (nSPS) is 20.8. The topological polar surface area (TPSA) is 78.5 Å². The van der Waals surface area contributed by atoms with E-state index in [4.69, 9.17) is 0 Å². The van der Waals surface area contributed by atoms with E-state index in [9.17, 15) is 13.2 Å². The van der Waals surface area contributed by atoms with Crippen molar-refractivity contribution >= 4 is 21.7 Å². The van der Waals surface area contributed by atoms with E-state index in [1.54, 1.807) is 18.7 Å². The molecule has 150 valence electrons. The largest absolute Gasteiger partial charge is 0.324 e. The second-order valence-electron chi connectivity index (χ2n) is 8.29. The summed E-state index contributed by atoms with van der Waals surface area (Å²) in [6.07, 6.45) is 3.47. The van der Waals surface area contributed by atoms with Crippen LogP contribution in [0, 0.1) is 12.8 Å². The van der Waals surface area contributed by atoms with Crippen LogP contribution in [0.5, 0.6) is 0 Å². The van der Waals surface area contributed by atoms with Crippen LogP contribution in [0.3, 0.4) is 0 Å². The lowest BCUT2D eigenvalue weighted by Crippen LogP contribution is -2.48. The molecule has 1 aliphatic carbocycles. The summed E-state index contributed by atoms with van der Waals surface area (Å²) in [5.41, 5.74) is 4.83. The van der Waals surface area contributed by atoms with Crippen LogP contribution in [0.15, 0.2) is 12.1 Å². The van der Waals surface area contributed by atoms with E-state index in [2.05, 4.69) is 30.0 Å². The molecule has 1 aliphatic heterocycles.